The molecule has 0 unspecified atom stereocenters. The fraction of sp³-hybridized carbons (Fsp3) is 0.467. The molecule has 1 aromatic rings. The molecule has 0 aliphatic rings. The molecule has 0 radical (unpaired) electrons. The fourth-order valence-electron chi connectivity index (χ4n) is 1.79. The summed E-state index contributed by atoms with van der Waals surface area (Å²) in [6.45, 7) is 5.30. The van der Waals surface area contributed by atoms with Crippen LogP contribution in [0.15, 0.2) is 18.2 Å². The predicted octanol–water partition coefficient (Wildman–Crippen LogP) is 3.50. The second-order valence-corrected chi connectivity index (χ2v) is 5.92. The van der Waals surface area contributed by atoms with Gasteiger partial charge in [0.2, 0.25) is 0 Å². The first-order valence-corrected chi connectivity index (χ1v) is 6.91. The summed E-state index contributed by atoms with van der Waals surface area (Å²) in [5.74, 6) is 0.544. The third-order valence-corrected chi connectivity index (χ3v) is 2.83. The number of amides is 1. The number of nitrogens with one attached hydrogen (secondary N) is 1. The van der Waals surface area contributed by atoms with Crippen molar-refractivity contribution in [1.29, 1.82) is 0 Å². The number of methoxy groups -OCH3 is 1. The molecule has 0 aliphatic heterocycles. The number of halogens is 1. The van der Waals surface area contributed by atoms with Crippen LogP contribution in [0.3, 0.4) is 0 Å². The van der Waals surface area contributed by atoms with Gasteiger partial charge in [-0.3, -0.25) is 0 Å². The molecule has 0 saturated heterocycles. The van der Waals surface area contributed by atoms with Gasteiger partial charge in [-0.1, -0.05) is 11.6 Å². The van der Waals surface area contributed by atoms with E-state index in [1.165, 1.54) is 7.11 Å². The van der Waals surface area contributed by atoms with Crippen molar-refractivity contribution in [3.05, 3.63) is 28.8 Å². The zero-order chi connectivity index (χ0) is 16.0. The van der Waals surface area contributed by atoms with Gasteiger partial charge < -0.3 is 19.6 Å². The Kier molecular flexibility index (Phi) is 6.03. The van der Waals surface area contributed by atoms with Crippen LogP contribution in [0.5, 0.6) is 5.75 Å². The SMILES string of the molecule is COc1ccc(Cl)cc1[C@@H](CC=O)NC(=O)OC(C)(C)C. The molecule has 0 heterocycles. The van der Waals surface area contributed by atoms with E-state index in [-0.39, 0.29) is 6.42 Å². The van der Waals surface area contributed by atoms with Gasteiger partial charge in [-0.05, 0) is 39.0 Å². The van der Waals surface area contributed by atoms with Crippen LogP contribution < -0.4 is 10.1 Å². The molecule has 0 aliphatic carbocycles. The van der Waals surface area contributed by atoms with E-state index in [0.29, 0.717) is 16.3 Å². The number of aldehydes is 1. The Morgan fingerprint density at radius 3 is 2.62 bits per heavy atom. The van der Waals surface area contributed by atoms with Crippen molar-refractivity contribution < 1.29 is 19.1 Å². The van der Waals surface area contributed by atoms with E-state index in [9.17, 15) is 9.59 Å². The third kappa shape index (κ3) is 5.63. The first kappa shape index (κ1) is 17.3. The zero-order valence-electron chi connectivity index (χ0n) is 12.6. The average molecular weight is 314 g/mol. The summed E-state index contributed by atoms with van der Waals surface area (Å²) in [6.07, 6.45) is 0.217. The second kappa shape index (κ2) is 7.31. The summed E-state index contributed by atoms with van der Waals surface area (Å²) in [4.78, 5) is 22.8. The highest BCUT2D eigenvalue weighted by atomic mass is 35.5. The van der Waals surface area contributed by atoms with Gasteiger partial charge in [-0.15, -0.1) is 0 Å². The smallest absolute Gasteiger partial charge is 0.408 e. The lowest BCUT2D eigenvalue weighted by Gasteiger charge is -2.24. The van der Waals surface area contributed by atoms with Crippen molar-refractivity contribution >= 4 is 24.0 Å². The number of ether oxygens (including phenoxy) is 2. The predicted molar refractivity (Wildman–Crippen MR) is 80.8 cm³/mol. The lowest BCUT2D eigenvalue weighted by atomic mass is 10.0. The molecule has 1 aromatic carbocycles. The Balaban J connectivity index is 2.99. The minimum absolute atomic E-state index is 0.0932. The standard InChI is InChI=1S/C15H20ClNO4/c1-15(2,3)21-14(19)17-12(7-8-18)11-9-10(16)5-6-13(11)20-4/h5-6,8-9,12H,7H2,1-4H3,(H,17,19)/t12-/m1/s1. The van der Waals surface area contributed by atoms with Crippen molar-refractivity contribution in [2.24, 2.45) is 0 Å². The van der Waals surface area contributed by atoms with Crippen LogP contribution in [-0.4, -0.2) is 25.1 Å². The molecule has 1 rings (SSSR count). The number of benzene rings is 1. The summed E-state index contributed by atoms with van der Waals surface area (Å²) in [7, 11) is 1.51. The lowest BCUT2D eigenvalue weighted by molar-refractivity contribution is -0.108. The highest BCUT2D eigenvalue weighted by molar-refractivity contribution is 6.30. The molecule has 5 nitrogen and oxygen atoms in total. The van der Waals surface area contributed by atoms with Gasteiger partial charge in [-0.25, -0.2) is 4.79 Å². The molecule has 0 saturated carbocycles. The Hall–Kier alpha value is -1.75. The Morgan fingerprint density at radius 2 is 2.10 bits per heavy atom. The monoisotopic (exact) mass is 313 g/mol. The molecule has 6 heteroatoms. The van der Waals surface area contributed by atoms with E-state index < -0.39 is 17.7 Å². The molecule has 1 atom stereocenters. The lowest BCUT2D eigenvalue weighted by Crippen LogP contribution is -2.35. The molecule has 21 heavy (non-hydrogen) atoms. The maximum Gasteiger partial charge on any atom is 0.408 e. The Bertz CT molecular complexity index is 511. The van der Waals surface area contributed by atoms with Crippen molar-refractivity contribution in [3.63, 3.8) is 0 Å². The Morgan fingerprint density at radius 1 is 1.43 bits per heavy atom. The van der Waals surface area contributed by atoms with E-state index in [4.69, 9.17) is 21.1 Å². The first-order chi connectivity index (χ1) is 9.76. The number of hydrogen-bond acceptors (Lipinski definition) is 4. The maximum absolute atomic E-state index is 11.9. The van der Waals surface area contributed by atoms with Crippen LogP contribution in [0.2, 0.25) is 5.02 Å². The third-order valence-electron chi connectivity index (χ3n) is 2.59. The van der Waals surface area contributed by atoms with Crippen LogP contribution in [0, 0.1) is 0 Å². The average Bonchev–Trinajstić information content (AvgIpc) is 2.36. The minimum atomic E-state index is -0.617. The molecule has 1 N–H and O–H groups in total. The summed E-state index contributed by atoms with van der Waals surface area (Å²) in [6, 6.07) is 4.46. The van der Waals surface area contributed by atoms with Gasteiger partial charge in [-0.2, -0.15) is 0 Å². The number of carbonyl (C=O) groups excluding carboxylic acids is 2. The minimum Gasteiger partial charge on any atom is -0.496 e. The van der Waals surface area contributed by atoms with Crippen LogP contribution in [0.25, 0.3) is 0 Å². The van der Waals surface area contributed by atoms with Crippen molar-refractivity contribution in [2.45, 2.75) is 38.8 Å². The van der Waals surface area contributed by atoms with Crippen LogP contribution in [-0.2, 0) is 9.53 Å². The number of rotatable bonds is 5. The number of carbonyl (C=O) groups is 2. The highest BCUT2D eigenvalue weighted by Crippen LogP contribution is 2.30. The zero-order valence-corrected chi connectivity index (χ0v) is 13.4. The molecule has 0 aromatic heterocycles. The molecule has 116 valence electrons. The summed E-state index contributed by atoms with van der Waals surface area (Å²) in [5, 5.41) is 3.15. The van der Waals surface area contributed by atoms with Crippen LogP contribution in [0.1, 0.15) is 38.8 Å². The number of alkyl carbamates (subject to hydrolysis) is 1. The van der Waals surface area contributed by atoms with Crippen molar-refractivity contribution in [2.75, 3.05) is 7.11 Å². The van der Waals surface area contributed by atoms with Gasteiger partial charge in [0.05, 0.1) is 13.2 Å². The van der Waals surface area contributed by atoms with Crippen molar-refractivity contribution in [3.8, 4) is 5.75 Å². The summed E-state index contributed by atoms with van der Waals surface area (Å²) >= 11 is 5.97. The normalized spacial score (nSPS) is 12.4. The van der Waals surface area contributed by atoms with E-state index in [2.05, 4.69) is 5.32 Å². The fourth-order valence-corrected chi connectivity index (χ4v) is 1.97. The molecular weight excluding hydrogens is 294 g/mol. The largest absolute Gasteiger partial charge is 0.496 e. The quantitative estimate of drug-likeness (QED) is 0.845. The Labute approximate surface area is 129 Å². The molecule has 0 bridgehead atoms. The second-order valence-electron chi connectivity index (χ2n) is 5.49. The van der Waals surface area contributed by atoms with Gasteiger partial charge in [0, 0.05) is 17.0 Å². The number of hydrogen-bond donors (Lipinski definition) is 1. The van der Waals surface area contributed by atoms with Crippen molar-refractivity contribution in [1.82, 2.24) is 5.32 Å². The van der Waals surface area contributed by atoms with E-state index in [1.54, 1.807) is 39.0 Å². The molecular formula is C15H20ClNO4. The summed E-state index contributed by atoms with van der Waals surface area (Å²) in [5.41, 5.74) is 0.0109. The van der Waals surface area contributed by atoms with Gasteiger partial charge in [0.1, 0.15) is 17.6 Å². The van der Waals surface area contributed by atoms with Crippen LogP contribution in [0.4, 0.5) is 4.79 Å². The topological polar surface area (TPSA) is 64.6 Å². The molecule has 1 amide bonds. The summed E-state index contributed by atoms with van der Waals surface area (Å²) < 4.78 is 10.4. The van der Waals surface area contributed by atoms with Gasteiger partial charge in [0.25, 0.3) is 0 Å². The van der Waals surface area contributed by atoms with Gasteiger partial charge >= 0.3 is 6.09 Å². The maximum atomic E-state index is 11.9. The van der Waals surface area contributed by atoms with Gasteiger partial charge in [0.15, 0.2) is 0 Å². The molecule has 0 spiro atoms. The highest BCUT2D eigenvalue weighted by Gasteiger charge is 2.22. The van der Waals surface area contributed by atoms with Crippen LogP contribution >= 0.6 is 11.6 Å². The van der Waals surface area contributed by atoms with E-state index in [0.717, 1.165) is 6.29 Å². The van der Waals surface area contributed by atoms with E-state index in [1.807, 2.05) is 0 Å². The molecule has 0 fully saturated rings. The van der Waals surface area contributed by atoms with E-state index >= 15 is 0 Å². The first-order valence-electron chi connectivity index (χ1n) is 6.53.